The molecule has 0 bridgehead atoms. The minimum Gasteiger partial charge on any atom is -0.394 e. The van der Waals surface area contributed by atoms with Gasteiger partial charge in [0, 0.05) is 11.8 Å². The molecule has 1 aromatic heterocycles. The van der Waals surface area contributed by atoms with E-state index >= 15 is 0 Å². The van der Waals surface area contributed by atoms with Gasteiger partial charge in [0.1, 0.15) is 18.0 Å². The fraction of sp³-hybridized carbons (Fsp3) is 0.400. The second-order valence-corrected chi connectivity index (χ2v) is 4.75. The highest BCUT2D eigenvalue weighted by Gasteiger charge is 2.38. The maximum absolute atomic E-state index is 11.7. The van der Waals surface area contributed by atoms with Gasteiger partial charge in [-0.1, -0.05) is 6.58 Å². The number of hydrogen-bond acceptors (Lipinski definition) is 6. The second-order valence-electron chi connectivity index (χ2n) is 3.89. The number of anilines is 1. The summed E-state index contributed by atoms with van der Waals surface area (Å²) in [6.45, 7) is 3.30. The van der Waals surface area contributed by atoms with Gasteiger partial charge in [-0.05, 0) is 15.9 Å². The van der Waals surface area contributed by atoms with Crippen molar-refractivity contribution in [2.45, 2.75) is 18.4 Å². The molecule has 0 amide bonds. The number of halogens is 1. The Morgan fingerprint density at radius 2 is 2.33 bits per heavy atom. The van der Waals surface area contributed by atoms with E-state index in [0.29, 0.717) is 4.47 Å². The number of nitrogen functional groups attached to an aromatic ring is 1. The number of aromatic nitrogens is 2. The maximum atomic E-state index is 11.7. The molecule has 1 unspecified atom stereocenters. The van der Waals surface area contributed by atoms with Crippen LogP contribution >= 0.6 is 15.9 Å². The van der Waals surface area contributed by atoms with Crippen LogP contribution in [-0.4, -0.2) is 38.6 Å². The first-order valence-corrected chi connectivity index (χ1v) is 5.92. The fourth-order valence-corrected chi connectivity index (χ4v) is 2.03. The summed E-state index contributed by atoms with van der Waals surface area (Å²) in [5.74, 6) is 0.0686. The number of nitrogens with zero attached hydrogens (tertiary/aromatic N) is 2. The monoisotopic (exact) mass is 317 g/mol. The van der Waals surface area contributed by atoms with Gasteiger partial charge in [-0.3, -0.25) is 4.57 Å². The highest BCUT2D eigenvalue weighted by atomic mass is 79.9. The molecule has 1 fully saturated rings. The lowest BCUT2D eigenvalue weighted by Gasteiger charge is -2.15. The Morgan fingerprint density at radius 1 is 1.67 bits per heavy atom. The largest absolute Gasteiger partial charge is 0.394 e. The van der Waals surface area contributed by atoms with Gasteiger partial charge in [0.15, 0.2) is 6.23 Å². The van der Waals surface area contributed by atoms with E-state index in [2.05, 4.69) is 27.5 Å². The Kier molecular flexibility index (Phi) is 3.53. The zero-order valence-corrected chi connectivity index (χ0v) is 10.9. The summed E-state index contributed by atoms with van der Waals surface area (Å²) in [5, 5.41) is 18.8. The maximum Gasteiger partial charge on any atom is 0.351 e. The van der Waals surface area contributed by atoms with Gasteiger partial charge in [-0.15, -0.1) is 0 Å². The van der Waals surface area contributed by atoms with Crippen molar-refractivity contribution in [1.82, 2.24) is 9.55 Å². The van der Waals surface area contributed by atoms with Crippen molar-refractivity contribution in [3.05, 3.63) is 33.3 Å². The van der Waals surface area contributed by atoms with Gasteiger partial charge < -0.3 is 20.7 Å². The predicted molar refractivity (Wildman–Crippen MR) is 66.8 cm³/mol. The quantitative estimate of drug-likeness (QED) is 0.628. The van der Waals surface area contributed by atoms with Crippen LogP contribution in [0.25, 0.3) is 0 Å². The molecular weight excluding hydrogens is 306 g/mol. The van der Waals surface area contributed by atoms with Crippen LogP contribution in [0.5, 0.6) is 0 Å². The van der Waals surface area contributed by atoms with Crippen LogP contribution < -0.4 is 11.4 Å². The number of hydrogen-bond donors (Lipinski definition) is 3. The van der Waals surface area contributed by atoms with Crippen molar-refractivity contribution in [3.8, 4) is 0 Å². The Morgan fingerprint density at radius 3 is 2.89 bits per heavy atom. The summed E-state index contributed by atoms with van der Waals surface area (Å²) in [7, 11) is 0. The second kappa shape index (κ2) is 4.81. The van der Waals surface area contributed by atoms with Gasteiger partial charge >= 0.3 is 5.69 Å². The molecule has 2 rings (SSSR count). The normalized spacial score (nSPS) is 27.7. The molecule has 0 radical (unpaired) electrons. The van der Waals surface area contributed by atoms with Crippen molar-refractivity contribution < 1.29 is 14.9 Å². The SMILES string of the molecule is C=C1C(O)[C@@H](CO)O[C@H]1n1cc(Br)c(N)nc1=O. The van der Waals surface area contributed by atoms with Crippen molar-refractivity contribution >= 4 is 21.7 Å². The van der Waals surface area contributed by atoms with Gasteiger partial charge in [0.25, 0.3) is 0 Å². The highest BCUT2D eigenvalue weighted by Crippen LogP contribution is 2.32. The van der Waals surface area contributed by atoms with E-state index in [4.69, 9.17) is 15.6 Å². The molecule has 2 heterocycles. The van der Waals surface area contributed by atoms with Gasteiger partial charge in [0.2, 0.25) is 0 Å². The lowest BCUT2D eigenvalue weighted by atomic mass is 10.1. The van der Waals surface area contributed by atoms with E-state index in [9.17, 15) is 9.90 Å². The van der Waals surface area contributed by atoms with Crippen LogP contribution in [0.1, 0.15) is 6.23 Å². The number of rotatable bonds is 2. The summed E-state index contributed by atoms with van der Waals surface area (Å²) in [6.07, 6.45) is -1.28. The third kappa shape index (κ3) is 2.07. The Hall–Kier alpha value is -1.22. The molecule has 8 heteroatoms. The van der Waals surface area contributed by atoms with E-state index in [1.54, 1.807) is 0 Å². The Balaban J connectivity index is 2.42. The van der Waals surface area contributed by atoms with Crippen LogP contribution in [-0.2, 0) is 4.74 Å². The molecule has 0 aliphatic carbocycles. The minimum atomic E-state index is -1.02. The average Bonchev–Trinajstić information content (AvgIpc) is 2.61. The summed E-state index contributed by atoms with van der Waals surface area (Å²) in [5.41, 5.74) is 5.15. The Labute approximate surface area is 111 Å². The highest BCUT2D eigenvalue weighted by molar-refractivity contribution is 9.10. The molecule has 0 saturated carbocycles. The van der Waals surface area contributed by atoms with E-state index < -0.39 is 24.1 Å². The van der Waals surface area contributed by atoms with Crippen molar-refractivity contribution in [2.24, 2.45) is 0 Å². The lowest BCUT2D eigenvalue weighted by molar-refractivity contribution is -0.0447. The van der Waals surface area contributed by atoms with E-state index in [1.807, 2.05) is 0 Å². The standard InChI is InChI=1S/C10H12BrN3O4/c1-4-7(16)6(3-15)18-9(4)14-2-5(11)8(12)13-10(14)17/h2,6-7,9,15-16H,1,3H2,(H2,12,13,17)/t6-,7?,9-/m1/s1. The van der Waals surface area contributed by atoms with Gasteiger partial charge in [-0.2, -0.15) is 4.98 Å². The number of ether oxygens (including phenoxy) is 1. The predicted octanol–water partition coefficient (Wildman–Crippen LogP) is -0.605. The molecule has 18 heavy (non-hydrogen) atoms. The fourth-order valence-electron chi connectivity index (χ4n) is 1.72. The van der Waals surface area contributed by atoms with Gasteiger partial charge in [-0.25, -0.2) is 4.79 Å². The molecule has 7 nitrogen and oxygen atoms in total. The molecule has 1 aliphatic heterocycles. The molecule has 0 aromatic carbocycles. The first-order chi connectivity index (χ1) is 8.45. The zero-order chi connectivity index (χ0) is 13.4. The third-order valence-electron chi connectivity index (χ3n) is 2.72. The summed E-state index contributed by atoms with van der Waals surface area (Å²) in [4.78, 5) is 15.3. The zero-order valence-electron chi connectivity index (χ0n) is 9.28. The van der Waals surface area contributed by atoms with E-state index in [1.165, 1.54) is 6.20 Å². The topological polar surface area (TPSA) is 111 Å². The lowest BCUT2D eigenvalue weighted by Crippen LogP contribution is -2.28. The molecule has 1 aromatic rings. The molecule has 4 N–H and O–H groups in total. The third-order valence-corrected chi connectivity index (χ3v) is 3.33. The van der Waals surface area contributed by atoms with Crippen LogP contribution in [0.2, 0.25) is 0 Å². The summed E-state index contributed by atoms with van der Waals surface area (Å²) >= 11 is 3.15. The molecule has 1 saturated heterocycles. The van der Waals surface area contributed by atoms with Crippen molar-refractivity contribution in [1.29, 1.82) is 0 Å². The molecular formula is C10H12BrN3O4. The first-order valence-electron chi connectivity index (χ1n) is 5.13. The van der Waals surface area contributed by atoms with Crippen LogP contribution in [0.15, 0.2) is 27.6 Å². The molecule has 98 valence electrons. The van der Waals surface area contributed by atoms with Crippen molar-refractivity contribution in [2.75, 3.05) is 12.3 Å². The number of aliphatic hydroxyl groups is 2. The minimum absolute atomic E-state index is 0.0686. The first kappa shape index (κ1) is 13.2. The van der Waals surface area contributed by atoms with Crippen LogP contribution in [0.4, 0.5) is 5.82 Å². The molecule has 0 spiro atoms. The van der Waals surface area contributed by atoms with Crippen LogP contribution in [0.3, 0.4) is 0 Å². The average molecular weight is 318 g/mol. The smallest absolute Gasteiger partial charge is 0.351 e. The summed E-state index contributed by atoms with van der Waals surface area (Å²) in [6, 6.07) is 0. The van der Waals surface area contributed by atoms with Crippen LogP contribution in [0, 0.1) is 0 Å². The number of nitrogens with two attached hydrogens (primary N) is 1. The van der Waals surface area contributed by atoms with Gasteiger partial charge in [0.05, 0.1) is 11.1 Å². The number of aliphatic hydroxyl groups excluding tert-OH is 2. The molecule has 3 atom stereocenters. The Bertz CT molecular complexity index is 544. The van der Waals surface area contributed by atoms with Crippen molar-refractivity contribution in [3.63, 3.8) is 0 Å². The summed E-state index contributed by atoms with van der Waals surface area (Å²) < 4.78 is 6.94. The molecule has 1 aliphatic rings. The van der Waals surface area contributed by atoms with E-state index in [0.717, 1.165) is 4.57 Å². The van der Waals surface area contributed by atoms with E-state index in [-0.39, 0.29) is 18.0 Å².